The van der Waals surface area contributed by atoms with E-state index in [9.17, 15) is 0 Å². The van der Waals surface area contributed by atoms with Crippen molar-refractivity contribution in [3.05, 3.63) is 161 Å². The van der Waals surface area contributed by atoms with Crippen LogP contribution in [0, 0.1) is 0 Å². The van der Waals surface area contributed by atoms with Gasteiger partial charge in [0.05, 0.1) is 11.0 Å². The molecule has 5 heterocycles. The number of hydrogen-bond donors (Lipinski definition) is 0. The van der Waals surface area contributed by atoms with E-state index in [-0.39, 0.29) is 28.5 Å². The number of rotatable bonds is 1. The maximum atomic E-state index is 7.09. The number of fused-ring (bicyclic) bond motifs is 18. The topological polar surface area (TPSA) is 34.5 Å². The van der Waals surface area contributed by atoms with Gasteiger partial charge in [-0.05, 0) is 133 Å². The molecule has 0 unspecified atom stereocenters. The van der Waals surface area contributed by atoms with Crippen molar-refractivity contribution in [1.82, 2.24) is 4.57 Å². The minimum absolute atomic E-state index is 0.0177. The van der Waals surface area contributed by atoms with Crippen molar-refractivity contribution < 1.29 is 8.83 Å². The predicted molar refractivity (Wildman–Crippen MR) is 286 cm³/mol. The molecule has 0 atom stereocenters. The summed E-state index contributed by atoms with van der Waals surface area (Å²) in [5.41, 5.74) is 24.5. The van der Waals surface area contributed by atoms with Gasteiger partial charge in [-0.15, -0.1) is 0 Å². The van der Waals surface area contributed by atoms with Crippen molar-refractivity contribution in [2.45, 2.75) is 96.8 Å². The highest BCUT2D eigenvalue weighted by molar-refractivity contribution is 6.93. The Morgan fingerprint density at radius 3 is 1.96 bits per heavy atom. The van der Waals surface area contributed by atoms with Gasteiger partial charge in [0.2, 0.25) is 0 Å². The van der Waals surface area contributed by atoms with Gasteiger partial charge in [-0.25, -0.2) is 0 Å². The normalized spacial score (nSPS) is 17.1. The first kappa shape index (κ1) is 39.1. The SMILES string of the molecule is CC(C)(C)c1ccc(N2B3c4cc5c(cc4-n4c6cc7oc8ccccc8c7cc6c6ccc(c3c64)-c3cc4c(cc32)oc2cc3c(cc24)C(C)(C)CCC3(C)C)-c2ccccc2C5(C)C)cc1. The fourth-order valence-corrected chi connectivity index (χ4v) is 13.5. The number of anilines is 2. The average molecular weight is 881 g/mol. The molecular formula is C63H53BN2O2. The molecule has 0 spiro atoms. The molecule has 0 bridgehead atoms. The maximum absolute atomic E-state index is 7.09. The lowest BCUT2D eigenvalue weighted by Gasteiger charge is -2.42. The van der Waals surface area contributed by atoms with Crippen LogP contribution in [0.1, 0.15) is 103 Å². The molecule has 0 N–H and O–H groups in total. The first-order chi connectivity index (χ1) is 32.6. The highest BCUT2D eigenvalue weighted by Crippen LogP contribution is 2.54. The Morgan fingerprint density at radius 1 is 0.485 bits per heavy atom. The van der Waals surface area contributed by atoms with Gasteiger partial charge in [0.1, 0.15) is 22.3 Å². The molecule has 4 aliphatic rings. The fraction of sp³-hybridized carbons (Fsp3) is 0.238. The largest absolute Gasteiger partial charge is 0.456 e. The molecule has 68 heavy (non-hydrogen) atoms. The molecule has 0 saturated heterocycles. The molecule has 4 nitrogen and oxygen atoms in total. The van der Waals surface area contributed by atoms with E-state index >= 15 is 0 Å². The second-order valence-electron chi connectivity index (χ2n) is 23.5. The molecule has 2 aliphatic carbocycles. The third-order valence-corrected chi connectivity index (χ3v) is 17.4. The zero-order chi connectivity index (χ0) is 46.1. The molecule has 0 radical (unpaired) electrons. The third-order valence-electron chi connectivity index (χ3n) is 17.4. The van der Waals surface area contributed by atoms with Crippen LogP contribution in [-0.4, -0.2) is 11.4 Å². The Kier molecular flexibility index (Phi) is 7.11. The molecule has 2 aliphatic heterocycles. The Bertz CT molecular complexity index is 4110. The van der Waals surface area contributed by atoms with E-state index in [2.05, 4.69) is 205 Å². The lowest BCUT2D eigenvalue weighted by molar-refractivity contribution is 0.332. The molecule has 11 aromatic rings. The molecule has 8 aromatic carbocycles. The van der Waals surface area contributed by atoms with Gasteiger partial charge < -0.3 is 18.2 Å². The Morgan fingerprint density at radius 2 is 1.16 bits per heavy atom. The molecule has 330 valence electrons. The molecule has 3 aromatic heterocycles. The average Bonchev–Trinajstić information content (AvgIpc) is 4.03. The lowest BCUT2D eigenvalue weighted by Crippen LogP contribution is -2.60. The number of para-hydroxylation sites is 1. The highest BCUT2D eigenvalue weighted by Gasteiger charge is 2.47. The van der Waals surface area contributed by atoms with E-state index in [0.29, 0.717) is 0 Å². The number of furan rings is 2. The number of hydrogen-bond acceptors (Lipinski definition) is 3. The zero-order valence-corrected chi connectivity index (χ0v) is 40.4. The standard InChI is InChI=1S/C63H53BN2O2/c1-60(2,3)34-18-20-35(21-19-34)66-52-33-57-44(45-28-48-49(31-55(45)68-57)62(6,7)25-24-61(48,4)5)26-41(52)38-22-23-39-42-27-43-37-15-11-13-17-54(37)67-56(43)32-51(42)65-53-29-40-36-14-10-12-16-46(36)63(8,9)47(40)30-50(53)64(66)58(38)59(39)65/h10-23,26-33H,24-25H2,1-9H3. The molecule has 5 heteroatoms. The summed E-state index contributed by atoms with van der Waals surface area (Å²) in [6.07, 6.45) is 2.33. The van der Waals surface area contributed by atoms with Gasteiger partial charge in [0, 0.05) is 72.5 Å². The predicted octanol–water partition coefficient (Wildman–Crippen LogP) is 15.8. The van der Waals surface area contributed by atoms with Gasteiger partial charge in [-0.1, -0.05) is 135 Å². The summed E-state index contributed by atoms with van der Waals surface area (Å²) < 4.78 is 16.4. The van der Waals surface area contributed by atoms with Crippen LogP contribution in [0.3, 0.4) is 0 Å². The lowest BCUT2D eigenvalue weighted by atomic mass is 9.43. The van der Waals surface area contributed by atoms with Crippen molar-refractivity contribution >= 4 is 94.8 Å². The Labute approximate surface area is 397 Å². The van der Waals surface area contributed by atoms with E-state index < -0.39 is 0 Å². The minimum atomic E-state index is -0.177. The summed E-state index contributed by atoms with van der Waals surface area (Å²) in [5.74, 6) is 0. The van der Waals surface area contributed by atoms with Crippen molar-refractivity contribution in [2.24, 2.45) is 0 Å². The molecule has 0 fully saturated rings. The summed E-state index contributed by atoms with van der Waals surface area (Å²) in [7, 11) is 0. The van der Waals surface area contributed by atoms with Crippen molar-refractivity contribution in [1.29, 1.82) is 0 Å². The molecule has 15 rings (SSSR count). The van der Waals surface area contributed by atoms with Crippen LogP contribution in [0.25, 0.3) is 93.6 Å². The van der Waals surface area contributed by atoms with Crippen LogP contribution in [0.2, 0.25) is 0 Å². The van der Waals surface area contributed by atoms with Crippen LogP contribution < -0.4 is 15.7 Å². The van der Waals surface area contributed by atoms with Crippen molar-refractivity contribution in [3.8, 4) is 27.9 Å². The number of aromatic nitrogens is 1. The van der Waals surface area contributed by atoms with E-state index in [4.69, 9.17) is 8.83 Å². The van der Waals surface area contributed by atoms with Crippen LogP contribution in [0.15, 0.2) is 142 Å². The van der Waals surface area contributed by atoms with E-state index in [0.717, 1.165) is 39.5 Å². The maximum Gasteiger partial charge on any atom is 0.333 e. The van der Waals surface area contributed by atoms with E-state index in [1.165, 1.54) is 117 Å². The van der Waals surface area contributed by atoms with E-state index in [1.807, 2.05) is 0 Å². The van der Waals surface area contributed by atoms with Crippen LogP contribution >= 0.6 is 0 Å². The van der Waals surface area contributed by atoms with Crippen LogP contribution in [-0.2, 0) is 21.7 Å². The first-order valence-electron chi connectivity index (χ1n) is 24.7. The highest BCUT2D eigenvalue weighted by atomic mass is 16.3. The van der Waals surface area contributed by atoms with Gasteiger partial charge in [-0.3, -0.25) is 0 Å². The van der Waals surface area contributed by atoms with Gasteiger partial charge in [-0.2, -0.15) is 0 Å². The fourth-order valence-electron chi connectivity index (χ4n) is 13.5. The first-order valence-corrected chi connectivity index (χ1v) is 24.7. The van der Waals surface area contributed by atoms with E-state index in [1.54, 1.807) is 0 Å². The molecular weight excluding hydrogens is 828 g/mol. The molecule has 0 saturated carbocycles. The molecule has 0 amide bonds. The summed E-state index contributed by atoms with van der Waals surface area (Å²) >= 11 is 0. The van der Waals surface area contributed by atoms with Gasteiger partial charge in [0.25, 0.3) is 0 Å². The van der Waals surface area contributed by atoms with Crippen molar-refractivity contribution in [2.75, 3.05) is 4.81 Å². The van der Waals surface area contributed by atoms with Crippen LogP contribution in [0.5, 0.6) is 0 Å². The van der Waals surface area contributed by atoms with Crippen LogP contribution in [0.4, 0.5) is 11.4 Å². The van der Waals surface area contributed by atoms with Gasteiger partial charge in [0.15, 0.2) is 0 Å². The summed E-state index contributed by atoms with van der Waals surface area (Å²) in [6.45, 7) is 21.3. The quantitative estimate of drug-likeness (QED) is 0.154. The summed E-state index contributed by atoms with van der Waals surface area (Å²) in [6, 6.07) is 51.3. The second kappa shape index (κ2) is 12.4. The Balaban J connectivity index is 1.09. The Hall–Kier alpha value is -6.98. The number of nitrogens with zero attached hydrogens (tertiary/aromatic N) is 2. The zero-order valence-electron chi connectivity index (χ0n) is 40.4. The monoisotopic (exact) mass is 880 g/mol. The summed E-state index contributed by atoms with van der Waals surface area (Å²) in [4.78, 5) is 2.66. The van der Waals surface area contributed by atoms with Gasteiger partial charge >= 0.3 is 6.85 Å². The minimum Gasteiger partial charge on any atom is -0.456 e. The third kappa shape index (κ3) is 4.82. The second-order valence-corrected chi connectivity index (χ2v) is 23.5. The summed E-state index contributed by atoms with van der Waals surface area (Å²) in [5, 5.41) is 7.19. The number of benzene rings is 8. The smallest absolute Gasteiger partial charge is 0.333 e. The van der Waals surface area contributed by atoms with Crippen molar-refractivity contribution in [3.63, 3.8) is 0 Å².